The zero-order valence-electron chi connectivity index (χ0n) is 12.3. The van der Waals surface area contributed by atoms with Gasteiger partial charge in [0.15, 0.2) is 4.67 Å². The second kappa shape index (κ2) is 6.43. The van der Waals surface area contributed by atoms with E-state index >= 15 is 0 Å². The van der Waals surface area contributed by atoms with Crippen LogP contribution < -0.4 is 5.32 Å². The fourth-order valence-electron chi connectivity index (χ4n) is 1.54. The van der Waals surface area contributed by atoms with Gasteiger partial charge in [-0.05, 0) is 48.7 Å². The van der Waals surface area contributed by atoms with Crippen LogP contribution in [0.2, 0.25) is 0 Å². The predicted molar refractivity (Wildman–Crippen MR) is 78.3 cm³/mol. The molecule has 0 spiro atoms. The van der Waals surface area contributed by atoms with Crippen LogP contribution in [0.3, 0.4) is 0 Å². The Kier molecular flexibility index (Phi) is 5.39. The van der Waals surface area contributed by atoms with Crippen LogP contribution in [0.4, 0.5) is 0 Å². The van der Waals surface area contributed by atoms with Crippen LogP contribution in [0.1, 0.15) is 45.0 Å². The molecule has 0 unspecified atom stereocenters. The van der Waals surface area contributed by atoms with Crippen molar-refractivity contribution < 1.29 is 18.7 Å². The molecule has 0 aliphatic heterocycles. The summed E-state index contributed by atoms with van der Waals surface area (Å²) in [6.45, 7) is 9.06. The van der Waals surface area contributed by atoms with Gasteiger partial charge in [0.2, 0.25) is 0 Å². The monoisotopic (exact) mass is 345 g/mol. The summed E-state index contributed by atoms with van der Waals surface area (Å²) in [4.78, 5) is 24.2. The number of hydrogen-bond donors (Lipinski definition) is 1. The van der Waals surface area contributed by atoms with E-state index in [-0.39, 0.29) is 11.8 Å². The quantitative estimate of drug-likeness (QED) is 0.851. The van der Waals surface area contributed by atoms with Gasteiger partial charge < -0.3 is 14.5 Å². The van der Waals surface area contributed by atoms with Gasteiger partial charge in [-0.25, -0.2) is 4.79 Å². The van der Waals surface area contributed by atoms with Crippen LogP contribution in [0.15, 0.2) is 21.4 Å². The van der Waals surface area contributed by atoms with Gasteiger partial charge in [0.25, 0.3) is 5.91 Å². The van der Waals surface area contributed by atoms with Crippen molar-refractivity contribution in [3.8, 4) is 0 Å². The maximum Gasteiger partial charge on any atom is 0.329 e. The molecular formula is C14H20BrNO4. The third-order valence-corrected chi connectivity index (χ3v) is 3.09. The molecule has 0 fully saturated rings. The van der Waals surface area contributed by atoms with E-state index < -0.39 is 17.6 Å². The number of halogens is 1. The number of amides is 1. The molecule has 0 radical (unpaired) electrons. The molecule has 1 N–H and O–H groups in total. The third kappa shape index (κ3) is 4.67. The topological polar surface area (TPSA) is 68.5 Å². The zero-order chi connectivity index (χ0) is 15.5. The van der Waals surface area contributed by atoms with Crippen molar-refractivity contribution in [2.45, 2.75) is 46.3 Å². The first-order chi connectivity index (χ1) is 9.11. The molecule has 1 amide bonds. The van der Waals surface area contributed by atoms with Crippen molar-refractivity contribution in [1.82, 2.24) is 5.32 Å². The highest BCUT2D eigenvalue weighted by Crippen LogP contribution is 2.18. The summed E-state index contributed by atoms with van der Waals surface area (Å²) in [5, 5.41) is 2.68. The molecule has 6 heteroatoms. The smallest absolute Gasteiger partial charge is 0.329 e. The van der Waals surface area contributed by atoms with Crippen molar-refractivity contribution in [1.29, 1.82) is 0 Å². The fraction of sp³-hybridized carbons (Fsp3) is 0.571. The van der Waals surface area contributed by atoms with Crippen molar-refractivity contribution in [2.75, 3.05) is 0 Å². The highest BCUT2D eigenvalue weighted by molar-refractivity contribution is 9.10. The second-order valence-corrected chi connectivity index (χ2v) is 6.56. The van der Waals surface area contributed by atoms with Gasteiger partial charge in [-0.15, -0.1) is 0 Å². The summed E-state index contributed by atoms with van der Waals surface area (Å²) in [7, 11) is 0. The summed E-state index contributed by atoms with van der Waals surface area (Å²) >= 11 is 3.14. The van der Waals surface area contributed by atoms with E-state index in [0.29, 0.717) is 10.2 Å². The van der Waals surface area contributed by atoms with Crippen molar-refractivity contribution >= 4 is 27.8 Å². The molecule has 1 rings (SSSR count). The highest BCUT2D eigenvalue weighted by atomic mass is 79.9. The lowest BCUT2D eigenvalue weighted by Gasteiger charge is -2.26. The molecule has 1 aromatic rings. The Morgan fingerprint density at radius 1 is 1.35 bits per heavy atom. The van der Waals surface area contributed by atoms with Crippen LogP contribution in [-0.4, -0.2) is 23.5 Å². The Balaban J connectivity index is 2.81. The number of furan rings is 1. The zero-order valence-corrected chi connectivity index (χ0v) is 13.9. The lowest BCUT2D eigenvalue weighted by Crippen LogP contribution is -2.47. The van der Waals surface area contributed by atoms with Crippen LogP contribution in [0.5, 0.6) is 0 Å². The SMILES string of the molecule is CC(C)[C@@H](NC(=O)c1ccoc1Br)C(=O)OC(C)(C)C. The summed E-state index contributed by atoms with van der Waals surface area (Å²) < 4.78 is 10.7. The van der Waals surface area contributed by atoms with E-state index in [2.05, 4.69) is 21.2 Å². The van der Waals surface area contributed by atoms with E-state index in [9.17, 15) is 9.59 Å². The van der Waals surface area contributed by atoms with Gasteiger partial charge in [-0.3, -0.25) is 4.79 Å². The van der Waals surface area contributed by atoms with Crippen LogP contribution in [-0.2, 0) is 9.53 Å². The summed E-state index contributed by atoms with van der Waals surface area (Å²) in [5.74, 6) is -0.907. The van der Waals surface area contributed by atoms with Gasteiger partial charge in [-0.1, -0.05) is 13.8 Å². The molecule has 0 saturated heterocycles. The molecule has 0 aliphatic rings. The minimum absolute atomic E-state index is 0.0838. The average molecular weight is 346 g/mol. The second-order valence-electron chi connectivity index (χ2n) is 5.84. The van der Waals surface area contributed by atoms with E-state index in [0.717, 1.165) is 0 Å². The number of carbonyl (C=O) groups excluding carboxylic acids is 2. The van der Waals surface area contributed by atoms with E-state index in [1.807, 2.05) is 13.8 Å². The number of hydrogen-bond acceptors (Lipinski definition) is 4. The van der Waals surface area contributed by atoms with Crippen molar-refractivity contribution in [3.63, 3.8) is 0 Å². The lowest BCUT2D eigenvalue weighted by atomic mass is 10.0. The molecule has 1 atom stereocenters. The number of ether oxygens (including phenoxy) is 1. The first-order valence-electron chi connectivity index (χ1n) is 6.38. The molecule has 5 nitrogen and oxygen atoms in total. The highest BCUT2D eigenvalue weighted by Gasteiger charge is 2.30. The fourth-order valence-corrected chi connectivity index (χ4v) is 1.96. The Morgan fingerprint density at radius 2 is 1.95 bits per heavy atom. The largest absolute Gasteiger partial charge is 0.458 e. The number of nitrogens with one attached hydrogen (secondary N) is 1. The molecule has 0 aromatic carbocycles. The van der Waals surface area contributed by atoms with Gasteiger partial charge in [0, 0.05) is 0 Å². The number of carbonyl (C=O) groups is 2. The molecule has 20 heavy (non-hydrogen) atoms. The molecular weight excluding hydrogens is 326 g/mol. The Morgan fingerprint density at radius 3 is 2.35 bits per heavy atom. The third-order valence-electron chi connectivity index (χ3n) is 2.48. The standard InChI is InChI=1S/C14H20BrNO4/c1-8(2)10(13(18)20-14(3,4)5)16-12(17)9-6-7-19-11(9)15/h6-8,10H,1-5H3,(H,16,17)/t10-/m1/s1. The minimum Gasteiger partial charge on any atom is -0.458 e. The molecule has 0 aliphatic carbocycles. The molecule has 0 bridgehead atoms. The Bertz CT molecular complexity index is 488. The molecule has 1 aromatic heterocycles. The van der Waals surface area contributed by atoms with Crippen LogP contribution in [0.25, 0.3) is 0 Å². The van der Waals surface area contributed by atoms with Crippen molar-refractivity contribution in [2.24, 2.45) is 5.92 Å². The van der Waals surface area contributed by atoms with Gasteiger partial charge in [0.1, 0.15) is 11.6 Å². The first-order valence-corrected chi connectivity index (χ1v) is 7.18. The maximum absolute atomic E-state index is 12.1. The molecule has 0 saturated carbocycles. The molecule has 112 valence electrons. The molecule has 1 heterocycles. The summed E-state index contributed by atoms with van der Waals surface area (Å²) in [6.07, 6.45) is 1.40. The van der Waals surface area contributed by atoms with Gasteiger partial charge >= 0.3 is 5.97 Å². The van der Waals surface area contributed by atoms with Gasteiger partial charge in [0.05, 0.1) is 11.8 Å². The van der Waals surface area contributed by atoms with Crippen molar-refractivity contribution in [3.05, 3.63) is 22.6 Å². The number of rotatable bonds is 4. The van der Waals surface area contributed by atoms with E-state index in [4.69, 9.17) is 9.15 Å². The van der Waals surface area contributed by atoms with E-state index in [1.54, 1.807) is 20.8 Å². The van der Waals surface area contributed by atoms with Crippen LogP contribution in [0, 0.1) is 5.92 Å². The summed E-state index contributed by atoms with van der Waals surface area (Å²) in [6, 6.07) is 0.829. The predicted octanol–water partition coefficient (Wildman–Crippen LogP) is 3.14. The van der Waals surface area contributed by atoms with Crippen LogP contribution >= 0.6 is 15.9 Å². The average Bonchev–Trinajstić information content (AvgIpc) is 2.69. The van der Waals surface area contributed by atoms with Gasteiger partial charge in [-0.2, -0.15) is 0 Å². The Labute approximate surface area is 127 Å². The minimum atomic E-state index is -0.705. The lowest BCUT2D eigenvalue weighted by molar-refractivity contribution is -0.158. The van der Waals surface area contributed by atoms with E-state index in [1.165, 1.54) is 12.3 Å². The first kappa shape index (κ1) is 16.8. The number of esters is 1. The Hall–Kier alpha value is -1.30. The summed E-state index contributed by atoms with van der Waals surface area (Å²) in [5.41, 5.74) is -0.246. The normalized spacial score (nSPS) is 13.2. The maximum atomic E-state index is 12.1.